The summed E-state index contributed by atoms with van der Waals surface area (Å²) in [6, 6.07) is 2.77. The fourth-order valence-corrected chi connectivity index (χ4v) is 4.96. The lowest BCUT2D eigenvalue weighted by Gasteiger charge is -2.54. The summed E-state index contributed by atoms with van der Waals surface area (Å²) < 4.78 is 51.9. The van der Waals surface area contributed by atoms with Crippen LogP contribution in [0.2, 0.25) is 0 Å². The van der Waals surface area contributed by atoms with E-state index in [4.69, 9.17) is 9.47 Å². The number of amides is 2. The highest BCUT2D eigenvalue weighted by Gasteiger charge is 2.47. The van der Waals surface area contributed by atoms with Crippen molar-refractivity contribution in [1.82, 2.24) is 25.0 Å². The number of rotatable bonds is 7. The average molecular weight is 565 g/mol. The second-order valence-corrected chi connectivity index (χ2v) is 11.6. The summed E-state index contributed by atoms with van der Waals surface area (Å²) >= 11 is 0. The molecule has 10 nitrogen and oxygen atoms in total. The molecule has 2 aliphatic rings. The summed E-state index contributed by atoms with van der Waals surface area (Å²) in [5.41, 5.74) is -0.772. The molecule has 0 atom stereocenters. The van der Waals surface area contributed by atoms with Crippen molar-refractivity contribution >= 4 is 17.8 Å². The minimum Gasteiger partial charge on any atom is -0.444 e. The second kappa shape index (κ2) is 11.5. The van der Waals surface area contributed by atoms with Gasteiger partial charge in [0.15, 0.2) is 5.82 Å². The Kier molecular flexibility index (Phi) is 8.41. The third kappa shape index (κ3) is 6.73. The van der Waals surface area contributed by atoms with Crippen LogP contribution in [0.25, 0.3) is 0 Å². The van der Waals surface area contributed by atoms with Crippen LogP contribution in [-0.2, 0) is 4.74 Å². The summed E-state index contributed by atoms with van der Waals surface area (Å²) in [7, 11) is 0. The molecule has 0 saturated carbocycles. The number of likely N-dealkylation sites (tertiary alicyclic amines) is 1. The number of anilines is 1. The first kappa shape index (κ1) is 29.3. The third-order valence-corrected chi connectivity index (χ3v) is 7.00. The van der Waals surface area contributed by atoms with Gasteiger partial charge in [-0.2, -0.15) is 0 Å². The quantitative estimate of drug-likeness (QED) is 0.475. The van der Waals surface area contributed by atoms with Crippen molar-refractivity contribution in [2.75, 3.05) is 37.6 Å². The van der Waals surface area contributed by atoms with Gasteiger partial charge < -0.3 is 24.2 Å². The fraction of sp³-hybridized carbons (Fsp3) is 0.593. The van der Waals surface area contributed by atoms with Crippen molar-refractivity contribution in [1.29, 1.82) is 0 Å². The molecular formula is C27H35F3N6O4. The largest absolute Gasteiger partial charge is 0.444 e. The molecule has 0 bridgehead atoms. The Labute approximate surface area is 231 Å². The normalized spacial score (nSPS) is 16.8. The summed E-state index contributed by atoms with van der Waals surface area (Å²) in [5.74, 6) is -1.14. The lowest BCUT2D eigenvalue weighted by Crippen LogP contribution is -2.61. The van der Waals surface area contributed by atoms with Crippen LogP contribution in [0.3, 0.4) is 0 Å². The molecular weight excluding hydrogens is 529 g/mol. The molecule has 2 fully saturated rings. The van der Waals surface area contributed by atoms with Gasteiger partial charge in [0.2, 0.25) is 0 Å². The summed E-state index contributed by atoms with van der Waals surface area (Å²) in [6.07, 6.45) is -0.205. The first-order valence-corrected chi connectivity index (χ1v) is 13.2. The zero-order valence-electron chi connectivity index (χ0n) is 23.4. The highest BCUT2D eigenvalue weighted by atomic mass is 19.3. The smallest absolute Gasteiger partial charge is 0.410 e. The molecule has 2 aromatic rings. The van der Waals surface area contributed by atoms with Crippen LogP contribution in [-0.4, -0.2) is 87.8 Å². The van der Waals surface area contributed by atoms with E-state index >= 15 is 0 Å². The highest BCUT2D eigenvalue weighted by Crippen LogP contribution is 2.44. The van der Waals surface area contributed by atoms with Crippen molar-refractivity contribution in [3.8, 4) is 11.6 Å². The number of hydrogen-bond acceptors (Lipinski definition) is 8. The number of piperidine rings is 1. The van der Waals surface area contributed by atoms with E-state index in [-0.39, 0.29) is 28.7 Å². The molecule has 2 amide bonds. The maximum absolute atomic E-state index is 14.1. The van der Waals surface area contributed by atoms with Crippen LogP contribution in [0.4, 0.5) is 23.8 Å². The second-order valence-electron chi connectivity index (χ2n) is 11.6. The monoisotopic (exact) mass is 564 g/mol. The SMILES string of the molecule is CC(C)N(CC(F)F)C(=O)c1cc(F)ccc1Oc1nncnc1N1CC2(CCN(C(=O)OC(C)(C)C)CC2)C1. The van der Waals surface area contributed by atoms with Gasteiger partial charge in [-0.15, -0.1) is 10.2 Å². The minimum absolute atomic E-state index is 0.00848. The van der Waals surface area contributed by atoms with E-state index in [1.165, 1.54) is 12.4 Å². The molecule has 13 heteroatoms. The van der Waals surface area contributed by atoms with E-state index in [0.717, 1.165) is 29.9 Å². The number of carbonyl (C=O) groups excluding carboxylic acids is 2. The summed E-state index contributed by atoms with van der Waals surface area (Å²) in [5, 5.41) is 7.85. The minimum atomic E-state index is -2.75. The Morgan fingerprint density at radius 3 is 2.42 bits per heavy atom. The van der Waals surface area contributed by atoms with Crippen molar-refractivity contribution in [2.24, 2.45) is 5.41 Å². The van der Waals surface area contributed by atoms with Crippen molar-refractivity contribution in [3.05, 3.63) is 35.9 Å². The Morgan fingerprint density at radius 1 is 1.15 bits per heavy atom. The number of carbonyl (C=O) groups is 2. The average Bonchev–Trinajstić information content (AvgIpc) is 2.85. The van der Waals surface area contributed by atoms with E-state index in [1.54, 1.807) is 18.7 Å². The number of benzene rings is 1. The molecule has 4 rings (SSSR count). The predicted molar refractivity (Wildman–Crippen MR) is 140 cm³/mol. The first-order chi connectivity index (χ1) is 18.8. The zero-order chi connectivity index (χ0) is 29.2. The fourth-order valence-electron chi connectivity index (χ4n) is 4.96. The molecule has 1 aromatic carbocycles. The maximum atomic E-state index is 14.1. The number of halogens is 3. The number of nitrogens with zero attached hydrogens (tertiary/aromatic N) is 6. The standard InChI is InChI=1S/C27H35F3N6O4/c1-17(2)36(13-21(29)30)24(37)19-12-18(28)6-7-20(19)39-23-22(31-16-32-33-23)35-14-27(15-35)8-10-34(11-9-27)25(38)40-26(3,4)5/h6-7,12,16-17,21H,8-11,13-15H2,1-5H3. The van der Waals surface area contributed by atoms with E-state index < -0.39 is 36.3 Å². The number of aromatic nitrogens is 3. The molecule has 40 heavy (non-hydrogen) atoms. The zero-order valence-corrected chi connectivity index (χ0v) is 23.4. The predicted octanol–water partition coefficient (Wildman–Crippen LogP) is 4.76. The van der Waals surface area contributed by atoms with Crippen LogP contribution in [0.5, 0.6) is 11.6 Å². The van der Waals surface area contributed by atoms with Crippen molar-refractivity contribution in [3.63, 3.8) is 0 Å². The van der Waals surface area contributed by atoms with Crippen LogP contribution in [0.1, 0.15) is 57.8 Å². The van der Waals surface area contributed by atoms with E-state index in [2.05, 4.69) is 15.2 Å². The van der Waals surface area contributed by atoms with Crippen LogP contribution in [0.15, 0.2) is 24.5 Å². The van der Waals surface area contributed by atoms with Gasteiger partial charge in [0.1, 0.15) is 23.5 Å². The van der Waals surface area contributed by atoms with Crippen LogP contribution >= 0.6 is 0 Å². The summed E-state index contributed by atoms with van der Waals surface area (Å²) in [6.45, 7) is 10.4. The molecule has 218 valence electrons. The number of alkyl halides is 2. The Bertz CT molecular complexity index is 1220. The van der Waals surface area contributed by atoms with Gasteiger partial charge in [-0.05, 0) is 65.7 Å². The molecule has 1 spiro atoms. The molecule has 0 aliphatic carbocycles. The lowest BCUT2D eigenvalue weighted by molar-refractivity contribution is 0.00584. The van der Waals surface area contributed by atoms with Gasteiger partial charge in [0, 0.05) is 37.6 Å². The first-order valence-electron chi connectivity index (χ1n) is 13.2. The van der Waals surface area contributed by atoms with Crippen molar-refractivity contribution < 1.29 is 32.2 Å². The molecule has 0 radical (unpaired) electrons. The van der Waals surface area contributed by atoms with Gasteiger partial charge >= 0.3 is 6.09 Å². The number of ether oxygens (including phenoxy) is 2. The van der Waals surface area contributed by atoms with Crippen molar-refractivity contribution in [2.45, 2.75) is 65.5 Å². The van der Waals surface area contributed by atoms with E-state index in [0.29, 0.717) is 32.0 Å². The maximum Gasteiger partial charge on any atom is 0.410 e. The number of hydrogen-bond donors (Lipinski definition) is 0. The van der Waals surface area contributed by atoms with Gasteiger partial charge in [-0.1, -0.05) is 0 Å². The van der Waals surface area contributed by atoms with Gasteiger partial charge in [0.05, 0.1) is 12.1 Å². The Hall–Kier alpha value is -3.64. The Balaban J connectivity index is 1.47. The lowest BCUT2D eigenvalue weighted by atomic mass is 9.72. The topological polar surface area (TPSA) is 101 Å². The third-order valence-electron chi connectivity index (χ3n) is 7.00. The molecule has 1 aromatic heterocycles. The van der Waals surface area contributed by atoms with Crippen LogP contribution < -0.4 is 9.64 Å². The van der Waals surface area contributed by atoms with Gasteiger partial charge in [-0.25, -0.2) is 22.9 Å². The van der Waals surface area contributed by atoms with E-state index in [1.807, 2.05) is 25.7 Å². The molecule has 3 heterocycles. The molecule has 0 N–H and O–H groups in total. The van der Waals surface area contributed by atoms with Gasteiger partial charge in [-0.3, -0.25) is 4.79 Å². The molecule has 0 unspecified atom stereocenters. The molecule has 2 saturated heterocycles. The highest BCUT2D eigenvalue weighted by molar-refractivity contribution is 5.97. The molecule has 2 aliphatic heterocycles. The van der Waals surface area contributed by atoms with Gasteiger partial charge in [0.25, 0.3) is 18.2 Å². The summed E-state index contributed by atoms with van der Waals surface area (Å²) in [4.78, 5) is 34.6. The Morgan fingerprint density at radius 2 is 1.82 bits per heavy atom. The van der Waals surface area contributed by atoms with Crippen LogP contribution in [0, 0.1) is 11.2 Å². The van der Waals surface area contributed by atoms with E-state index in [9.17, 15) is 22.8 Å².